The van der Waals surface area contributed by atoms with Gasteiger partial charge in [-0.1, -0.05) is 18.2 Å². The monoisotopic (exact) mass is 642 g/mol. The van der Waals surface area contributed by atoms with Gasteiger partial charge in [-0.25, -0.2) is 13.5 Å². The summed E-state index contributed by atoms with van der Waals surface area (Å²) in [5, 5.41) is 30.6. The van der Waals surface area contributed by atoms with Crippen molar-refractivity contribution in [3.63, 3.8) is 0 Å². The number of aromatic nitrogens is 5. The van der Waals surface area contributed by atoms with E-state index in [2.05, 4.69) is 25.4 Å². The second kappa shape index (κ2) is 12.6. The number of tetrazole rings is 1. The SMILES string of the molecule is N#Cc1ccc(C(=O)N2CCN(c3ccc(-c4ccc(C(F)(F)C(O)(Cn5cnnn5)c5ccc(F)cc5F)nc4)cc3)CC2)cc1. The van der Waals surface area contributed by atoms with E-state index in [1.807, 2.05) is 30.3 Å². The normalized spacial score (nSPS) is 14.8. The molecule has 1 amide bonds. The molecular formula is C33H26F4N8O2. The maximum atomic E-state index is 16.1. The van der Waals surface area contributed by atoms with Crippen LogP contribution in [0.1, 0.15) is 27.2 Å². The molecule has 2 aromatic heterocycles. The van der Waals surface area contributed by atoms with Gasteiger partial charge in [-0.2, -0.15) is 14.0 Å². The van der Waals surface area contributed by atoms with Crippen molar-refractivity contribution in [1.82, 2.24) is 30.1 Å². The van der Waals surface area contributed by atoms with Crippen LogP contribution in [0.4, 0.5) is 23.2 Å². The first-order valence-corrected chi connectivity index (χ1v) is 14.5. The van der Waals surface area contributed by atoms with E-state index in [0.717, 1.165) is 34.9 Å². The number of nitriles is 1. The van der Waals surface area contributed by atoms with Crippen LogP contribution in [0.3, 0.4) is 0 Å². The van der Waals surface area contributed by atoms with Gasteiger partial charge in [-0.05, 0) is 70.6 Å². The average Bonchev–Trinajstić information content (AvgIpc) is 3.61. The highest BCUT2D eigenvalue weighted by Gasteiger charge is 2.58. The zero-order valence-electron chi connectivity index (χ0n) is 24.6. The molecule has 1 unspecified atom stereocenters. The number of amides is 1. The van der Waals surface area contributed by atoms with Crippen molar-refractivity contribution in [2.24, 2.45) is 0 Å². The molecule has 0 radical (unpaired) electrons. The van der Waals surface area contributed by atoms with Gasteiger partial charge in [-0.3, -0.25) is 9.78 Å². The number of carbonyl (C=O) groups is 1. The Morgan fingerprint density at radius 3 is 2.21 bits per heavy atom. The van der Waals surface area contributed by atoms with Crippen LogP contribution in [0.15, 0.2) is 91.4 Å². The summed E-state index contributed by atoms with van der Waals surface area (Å²) in [6.45, 7) is 1.30. The van der Waals surface area contributed by atoms with Gasteiger partial charge in [0.05, 0.1) is 18.2 Å². The Morgan fingerprint density at radius 2 is 1.62 bits per heavy atom. The van der Waals surface area contributed by atoms with E-state index in [1.165, 1.54) is 12.3 Å². The smallest absolute Gasteiger partial charge is 0.323 e. The van der Waals surface area contributed by atoms with Crippen LogP contribution in [-0.4, -0.2) is 67.3 Å². The van der Waals surface area contributed by atoms with E-state index in [9.17, 15) is 18.7 Å². The van der Waals surface area contributed by atoms with Crippen molar-refractivity contribution in [1.29, 1.82) is 5.26 Å². The lowest BCUT2D eigenvalue weighted by atomic mass is 9.84. The molecule has 0 saturated carbocycles. The van der Waals surface area contributed by atoms with E-state index in [0.29, 0.717) is 54.5 Å². The van der Waals surface area contributed by atoms with E-state index >= 15 is 8.78 Å². The molecule has 1 saturated heterocycles. The Balaban J connectivity index is 1.16. The molecule has 1 N–H and O–H groups in total. The Bertz CT molecular complexity index is 1910. The Labute approximate surface area is 266 Å². The van der Waals surface area contributed by atoms with Crippen LogP contribution in [0, 0.1) is 23.0 Å². The molecule has 0 aliphatic carbocycles. The van der Waals surface area contributed by atoms with Gasteiger partial charge in [0.15, 0.2) is 5.60 Å². The minimum Gasteiger partial charge on any atom is -0.377 e. The minimum atomic E-state index is -4.16. The number of rotatable bonds is 8. The number of hydrogen-bond acceptors (Lipinski definition) is 8. The van der Waals surface area contributed by atoms with Crippen molar-refractivity contribution in [2.75, 3.05) is 31.1 Å². The van der Waals surface area contributed by atoms with Crippen LogP contribution < -0.4 is 4.90 Å². The molecule has 3 heterocycles. The summed E-state index contributed by atoms with van der Waals surface area (Å²) in [7, 11) is 0. The van der Waals surface area contributed by atoms with Gasteiger partial charge < -0.3 is 14.9 Å². The third-order valence-corrected chi connectivity index (χ3v) is 8.16. The topological polar surface area (TPSA) is 124 Å². The molecule has 5 aromatic rings. The molecule has 6 rings (SSSR count). The quantitative estimate of drug-likeness (QED) is 0.245. The number of anilines is 1. The summed E-state index contributed by atoms with van der Waals surface area (Å²) in [4.78, 5) is 20.7. The summed E-state index contributed by atoms with van der Waals surface area (Å²) in [6.07, 6.45) is 2.21. The molecule has 1 aliphatic rings. The van der Waals surface area contributed by atoms with E-state index < -0.39 is 41.0 Å². The lowest BCUT2D eigenvalue weighted by molar-refractivity contribution is -0.207. The average molecular weight is 643 g/mol. The summed E-state index contributed by atoms with van der Waals surface area (Å²) < 4.78 is 61.3. The van der Waals surface area contributed by atoms with Crippen molar-refractivity contribution in [3.05, 3.63) is 125 Å². The molecule has 10 nitrogen and oxygen atoms in total. The molecule has 1 fully saturated rings. The van der Waals surface area contributed by atoms with Crippen molar-refractivity contribution in [2.45, 2.75) is 18.1 Å². The predicted octanol–water partition coefficient (Wildman–Crippen LogP) is 4.53. The number of piperazine rings is 1. The van der Waals surface area contributed by atoms with Gasteiger partial charge in [0.2, 0.25) is 0 Å². The number of nitrogens with zero attached hydrogens (tertiary/aromatic N) is 8. The van der Waals surface area contributed by atoms with Gasteiger partial charge in [0.25, 0.3) is 5.91 Å². The Hall–Kier alpha value is -5.68. The van der Waals surface area contributed by atoms with Gasteiger partial charge in [-0.15, -0.1) is 5.10 Å². The van der Waals surface area contributed by atoms with Crippen LogP contribution >= 0.6 is 0 Å². The highest BCUT2D eigenvalue weighted by molar-refractivity contribution is 5.94. The van der Waals surface area contributed by atoms with E-state index in [1.54, 1.807) is 29.2 Å². The molecule has 3 aromatic carbocycles. The second-order valence-electron chi connectivity index (χ2n) is 11.0. The second-order valence-corrected chi connectivity index (χ2v) is 11.0. The largest absolute Gasteiger partial charge is 0.377 e. The fourth-order valence-corrected chi connectivity index (χ4v) is 5.53. The van der Waals surface area contributed by atoms with Crippen LogP contribution in [0.2, 0.25) is 0 Å². The fraction of sp³-hybridized carbons (Fsp3) is 0.212. The number of halogens is 4. The fourth-order valence-electron chi connectivity index (χ4n) is 5.53. The lowest BCUT2D eigenvalue weighted by Gasteiger charge is -2.36. The molecular weight excluding hydrogens is 616 g/mol. The standard InChI is InChI=1S/C33H26F4N8O2/c34-26-8-11-28(29(35)17-26)32(47,20-45-21-40-41-42-45)33(36,37)30-12-7-25(19-39-30)23-5-9-27(10-6-23)43-13-15-44(16-14-43)31(46)24-3-1-22(18-38)2-4-24/h1-12,17,19,21,47H,13-16,20H2. The van der Waals surface area contributed by atoms with Crippen LogP contribution in [0.5, 0.6) is 0 Å². The number of carbonyl (C=O) groups excluding carboxylic acids is 1. The predicted molar refractivity (Wildman–Crippen MR) is 161 cm³/mol. The van der Waals surface area contributed by atoms with Crippen molar-refractivity contribution < 1.29 is 27.5 Å². The highest BCUT2D eigenvalue weighted by atomic mass is 19.3. The summed E-state index contributed by atoms with van der Waals surface area (Å²) in [5.74, 6) is -6.62. The van der Waals surface area contributed by atoms with Gasteiger partial charge in [0.1, 0.15) is 23.7 Å². The van der Waals surface area contributed by atoms with E-state index in [-0.39, 0.29) is 5.91 Å². The van der Waals surface area contributed by atoms with Crippen molar-refractivity contribution >= 4 is 11.6 Å². The number of alkyl halides is 2. The number of aliphatic hydroxyl groups is 1. The molecule has 0 spiro atoms. The van der Waals surface area contributed by atoms with E-state index in [4.69, 9.17) is 5.26 Å². The minimum absolute atomic E-state index is 0.0948. The zero-order valence-corrected chi connectivity index (χ0v) is 24.6. The maximum absolute atomic E-state index is 16.1. The van der Waals surface area contributed by atoms with Crippen LogP contribution in [0.25, 0.3) is 11.1 Å². The molecule has 1 aliphatic heterocycles. The third-order valence-electron chi connectivity index (χ3n) is 8.16. The molecule has 47 heavy (non-hydrogen) atoms. The summed E-state index contributed by atoms with van der Waals surface area (Å²) in [6, 6.07) is 20.4. The zero-order chi connectivity index (χ0) is 33.2. The number of benzene rings is 3. The molecule has 1 atom stereocenters. The molecule has 0 bridgehead atoms. The first kappa shape index (κ1) is 31.3. The molecule has 14 heteroatoms. The highest BCUT2D eigenvalue weighted by Crippen LogP contribution is 2.47. The van der Waals surface area contributed by atoms with Crippen LogP contribution in [-0.2, 0) is 18.1 Å². The number of hydrogen-bond donors (Lipinski definition) is 1. The molecule has 238 valence electrons. The number of pyridine rings is 1. The summed E-state index contributed by atoms with van der Waals surface area (Å²) in [5.41, 5.74) is -1.77. The lowest BCUT2D eigenvalue weighted by Crippen LogP contribution is -2.48. The summed E-state index contributed by atoms with van der Waals surface area (Å²) >= 11 is 0. The Kier molecular flexibility index (Phi) is 8.40. The maximum Gasteiger partial charge on any atom is 0.323 e. The Morgan fingerprint density at radius 1 is 0.915 bits per heavy atom. The van der Waals surface area contributed by atoms with Crippen molar-refractivity contribution in [3.8, 4) is 17.2 Å². The van der Waals surface area contributed by atoms with Gasteiger partial charge in [0, 0.05) is 60.8 Å². The third kappa shape index (κ3) is 6.12. The first-order chi connectivity index (χ1) is 22.6. The first-order valence-electron chi connectivity index (χ1n) is 14.5. The van der Waals surface area contributed by atoms with Gasteiger partial charge >= 0.3 is 5.92 Å².